The molecule has 3 fully saturated rings. The van der Waals surface area contributed by atoms with Crippen molar-refractivity contribution in [3.05, 3.63) is 61.2 Å². The van der Waals surface area contributed by atoms with Gasteiger partial charge in [0.05, 0.1) is 30.1 Å². The number of aliphatic hydroxyl groups excluding tert-OH is 1. The summed E-state index contributed by atoms with van der Waals surface area (Å²) in [5.74, 6) is -2.56. The number of aliphatic hydroxyl groups is 1. The molecule has 0 saturated carbocycles. The third-order valence-corrected chi connectivity index (χ3v) is 10.7. The van der Waals surface area contributed by atoms with Crippen LogP contribution in [-0.4, -0.2) is 86.0 Å². The Morgan fingerprint density at radius 3 is 2.22 bits per heavy atom. The molecule has 1 aromatic rings. The van der Waals surface area contributed by atoms with Crippen molar-refractivity contribution in [3.63, 3.8) is 0 Å². The zero-order chi connectivity index (χ0) is 34.4. The van der Waals surface area contributed by atoms with Crippen LogP contribution in [0.3, 0.4) is 0 Å². The van der Waals surface area contributed by atoms with Crippen LogP contribution in [0.5, 0.6) is 0 Å². The first-order valence-electron chi connectivity index (χ1n) is 16.9. The topological polar surface area (TPSA) is 90.4 Å². The molecule has 7 atom stereocenters. The number of nitrogens with zero attached hydrogens (tertiary/aromatic N) is 3. The van der Waals surface area contributed by atoms with E-state index in [2.05, 4.69) is 54.7 Å². The minimum absolute atomic E-state index is 0.0735. The average Bonchev–Trinajstić information content (AvgIpc) is 3.47. The Kier molecular flexibility index (Phi) is 10.1. The molecular formula is C38H57N3O5. The van der Waals surface area contributed by atoms with Gasteiger partial charge in [-0.25, -0.2) is 0 Å². The number of fused-ring (bicyclic) bond motifs is 1. The fraction of sp³-hybridized carbons (Fsp3) is 0.658. The van der Waals surface area contributed by atoms with Gasteiger partial charge in [0.1, 0.15) is 11.6 Å². The Morgan fingerprint density at radius 2 is 1.70 bits per heavy atom. The van der Waals surface area contributed by atoms with Gasteiger partial charge in [-0.15, -0.1) is 13.2 Å². The molecule has 8 heteroatoms. The largest absolute Gasteiger partial charge is 0.394 e. The standard InChI is InChI=1S/C38H57N3O5/c1-12-19-39(22-27-17-15-14-16-18-27)32(43)29-30-33(44)41(28(23-42)25(3)4)31(38(30)21-26(5)37(29,11)46-38)34(45)40(20-13-2)36(9,10)24-35(6,7)8/h12-18,25-26,28-31,42H,1-2,19-24H2,3-11H3/t26?,28-,29+,30-,31?,37-,38?/m0/s1. The summed E-state index contributed by atoms with van der Waals surface area (Å²) in [6.45, 7) is 27.0. The maximum atomic E-state index is 15.2. The van der Waals surface area contributed by atoms with E-state index in [0.29, 0.717) is 26.1 Å². The number of ether oxygens (including phenoxy) is 1. The second-order valence-electron chi connectivity index (χ2n) is 16.2. The van der Waals surface area contributed by atoms with Gasteiger partial charge in [0.2, 0.25) is 17.7 Å². The van der Waals surface area contributed by atoms with Crippen molar-refractivity contribution >= 4 is 17.7 Å². The van der Waals surface area contributed by atoms with E-state index in [1.807, 2.05) is 56.0 Å². The lowest BCUT2D eigenvalue weighted by Crippen LogP contribution is -2.63. The highest BCUT2D eigenvalue weighted by molar-refractivity contribution is 5.99. The average molecular weight is 636 g/mol. The van der Waals surface area contributed by atoms with Crippen molar-refractivity contribution in [2.24, 2.45) is 29.1 Å². The second kappa shape index (κ2) is 12.9. The first-order valence-corrected chi connectivity index (χ1v) is 16.9. The van der Waals surface area contributed by atoms with Gasteiger partial charge in [-0.2, -0.15) is 0 Å². The van der Waals surface area contributed by atoms with E-state index in [9.17, 15) is 14.7 Å². The van der Waals surface area contributed by atoms with E-state index in [0.717, 1.165) is 12.0 Å². The lowest BCUT2D eigenvalue weighted by molar-refractivity contribution is -0.161. The third kappa shape index (κ3) is 6.08. The van der Waals surface area contributed by atoms with E-state index in [4.69, 9.17) is 4.74 Å². The fourth-order valence-corrected chi connectivity index (χ4v) is 9.00. The minimum Gasteiger partial charge on any atom is -0.394 e. The molecule has 2 bridgehead atoms. The number of rotatable bonds is 13. The molecule has 3 amide bonds. The van der Waals surface area contributed by atoms with Crippen molar-refractivity contribution in [1.29, 1.82) is 0 Å². The van der Waals surface area contributed by atoms with Gasteiger partial charge < -0.3 is 24.5 Å². The number of likely N-dealkylation sites (tertiary alicyclic amines) is 1. The van der Waals surface area contributed by atoms with E-state index < -0.39 is 40.7 Å². The molecule has 46 heavy (non-hydrogen) atoms. The summed E-state index contributed by atoms with van der Waals surface area (Å²) in [4.78, 5) is 50.0. The highest BCUT2D eigenvalue weighted by atomic mass is 16.5. The van der Waals surface area contributed by atoms with Crippen molar-refractivity contribution in [3.8, 4) is 0 Å². The molecule has 1 spiro atoms. The van der Waals surface area contributed by atoms with Gasteiger partial charge in [0, 0.05) is 25.2 Å². The number of hydrogen-bond donors (Lipinski definition) is 1. The van der Waals surface area contributed by atoms with Crippen molar-refractivity contribution in [2.45, 2.75) is 111 Å². The van der Waals surface area contributed by atoms with Crippen molar-refractivity contribution < 1.29 is 24.2 Å². The van der Waals surface area contributed by atoms with E-state index in [-0.39, 0.29) is 41.6 Å². The van der Waals surface area contributed by atoms with Crippen LogP contribution in [0.15, 0.2) is 55.6 Å². The molecule has 0 aliphatic carbocycles. The zero-order valence-corrected chi connectivity index (χ0v) is 29.6. The highest BCUT2D eigenvalue weighted by Crippen LogP contribution is 2.66. The highest BCUT2D eigenvalue weighted by Gasteiger charge is 2.80. The maximum absolute atomic E-state index is 15.2. The number of benzene rings is 1. The van der Waals surface area contributed by atoms with Crippen LogP contribution in [0.1, 0.15) is 80.7 Å². The smallest absolute Gasteiger partial charge is 0.249 e. The molecule has 0 radical (unpaired) electrons. The van der Waals surface area contributed by atoms with Gasteiger partial charge in [-0.1, -0.05) is 84.0 Å². The first-order chi connectivity index (χ1) is 21.4. The van der Waals surface area contributed by atoms with Crippen molar-refractivity contribution in [2.75, 3.05) is 19.7 Å². The summed E-state index contributed by atoms with van der Waals surface area (Å²) >= 11 is 0. The van der Waals surface area contributed by atoms with Crippen LogP contribution in [0, 0.1) is 29.1 Å². The lowest BCUT2D eigenvalue weighted by atomic mass is 9.62. The summed E-state index contributed by atoms with van der Waals surface area (Å²) in [6.07, 6.45) is 4.62. The van der Waals surface area contributed by atoms with Crippen LogP contribution in [0.4, 0.5) is 0 Å². The summed E-state index contributed by atoms with van der Waals surface area (Å²) in [7, 11) is 0. The lowest BCUT2D eigenvalue weighted by Gasteiger charge is -2.47. The van der Waals surface area contributed by atoms with Gasteiger partial charge >= 0.3 is 0 Å². The number of amides is 3. The molecule has 3 heterocycles. The normalized spacial score (nSPS) is 29.5. The van der Waals surface area contributed by atoms with Crippen LogP contribution < -0.4 is 0 Å². The number of hydrogen-bond acceptors (Lipinski definition) is 5. The molecule has 1 aromatic carbocycles. The Morgan fingerprint density at radius 1 is 1.09 bits per heavy atom. The molecule has 4 rings (SSSR count). The molecule has 3 aliphatic rings. The number of carbonyl (C=O) groups is 3. The Balaban J connectivity index is 1.87. The summed E-state index contributed by atoms with van der Waals surface area (Å²) in [5.41, 5.74) is -1.83. The van der Waals surface area contributed by atoms with Gasteiger partial charge in [-0.3, -0.25) is 14.4 Å². The summed E-state index contributed by atoms with van der Waals surface area (Å²) in [5, 5.41) is 10.7. The Bertz CT molecular complexity index is 1320. The predicted molar refractivity (Wildman–Crippen MR) is 181 cm³/mol. The molecule has 1 N–H and O–H groups in total. The summed E-state index contributed by atoms with van der Waals surface area (Å²) in [6, 6.07) is 8.16. The van der Waals surface area contributed by atoms with Crippen LogP contribution in [0.2, 0.25) is 0 Å². The molecule has 3 aliphatic heterocycles. The Labute approximate surface area is 276 Å². The quantitative estimate of drug-likeness (QED) is 0.291. The second-order valence-corrected chi connectivity index (χ2v) is 16.2. The first kappa shape index (κ1) is 35.9. The van der Waals surface area contributed by atoms with Gasteiger partial charge in [0.25, 0.3) is 0 Å². The van der Waals surface area contributed by atoms with Crippen LogP contribution >= 0.6 is 0 Å². The predicted octanol–water partition coefficient (Wildman–Crippen LogP) is 5.46. The number of carbonyl (C=O) groups excluding carboxylic acids is 3. The molecule has 0 aromatic heterocycles. The monoisotopic (exact) mass is 635 g/mol. The molecule has 8 nitrogen and oxygen atoms in total. The summed E-state index contributed by atoms with van der Waals surface area (Å²) < 4.78 is 7.06. The molecule has 254 valence electrons. The van der Waals surface area contributed by atoms with Gasteiger partial charge in [0.15, 0.2) is 0 Å². The van der Waals surface area contributed by atoms with Crippen molar-refractivity contribution in [1.82, 2.24) is 14.7 Å². The fourth-order valence-electron chi connectivity index (χ4n) is 9.00. The maximum Gasteiger partial charge on any atom is 0.249 e. The SMILES string of the molecule is C=CCN(Cc1ccccc1)C(=O)[C@H]1[C@H]2C(=O)N([C@@H](CO)C(C)C)C(C(=O)N(CC=C)C(C)(C)CC(C)(C)C)C23CC(C)[C@]1(C)O3. The molecular weight excluding hydrogens is 578 g/mol. The zero-order valence-electron chi connectivity index (χ0n) is 29.6. The van der Waals surface area contributed by atoms with E-state index in [1.165, 1.54) is 0 Å². The van der Waals surface area contributed by atoms with Gasteiger partial charge in [-0.05, 0) is 56.4 Å². The molecule has 3 saturated heterocycles. The van der Waals surface area contributed by atoms with E-state index in [1.54, 1.807) is 22.0 Å². The molecule has 3 unspecified atom stereocenters. The minimum atomic E-state index is -1.21. The third-order valence-electron chi connectivity index (χ3n) is 10.7. The van der Waals surface area contributed by atoms with E-state index >= 15 is 4.79 Å². The Hall–Kier alpha value is -2.97. The van der Waals surface area contributed by atoms with Crippen LogP contribution in [-0.2, 0) is 25.7 Å². The van der Waals surface area contributed by atoms with Crippen LogP contribution in [0.25, 0.3) is 0 Å².